The van der Waals surface area contributed by atoms with E-state index in [1.54, 1.807) is 24.3 Å². The van der Waals surface area contributed by atoms with E-state index in [4.69, 9.17) is 4.74 Å². The number of azo groups is 1. The minimum atomic E-state index is -4.31. The molecule has 0 amide bonds. The molecular formula is C17H14N2O5S. The molecule has 0 aliphatic rings. The Bertz CT molecular complexity index is 1080. The van der Waals surface area contributed by atoms with Crippen LogP contribution in [0, 0.1) is 0 Å². The lowest BCUT2D eigenvalue weighted by Crippen LogP contribution is -1.98. The Morgan fingerprint density at radius 2 is 1.80 bits per heavy atom. The van der Waals surface area contributed by atoms with Gasteiger partial charge in [-0.3, -0.25) is 4.55 Å². The van der Waals surface area contributed by atoms with Crippen molar-refractivity contribution in [3.8, 4) is 11.5 Å². The van der Waals surface area contributed by atoms with Crippen molar-refractivity contribution in [1.29, 1.82) is 0 Å². The normalized spacial score (nSPS) is 11.9. The second-order valence-electron chi connectivity index (χ2n) is 5.19. The highest BCUT2D eigenvalue weighted by atomic mass is 32.2. The number of ether oxygens (including phenoxy) is 1. The first-order valence-corrected chi connectivity index (χ1v) is 8.61. The Morgan fingerprint density at radius 3 is 2.52 bits per heavy atom. The molecule has 2 N–H and O–H groups in total. The molecule has 0 heterocycles. The molecule has 25 heavy (non-hydrogen) atoms. The number of hydrogen-bond acceptors (Lipinski definition) is 6. The summed E-state index contributed by atoms with van der Waals surface area (Å²) in [6.45, 7) is 0. The highest BCUT2D eigenvalue weighted by molar-refractivity contribution is 7.86. The van der Waals surface area contributed by atoms with Gasteiger partial charge in [0, 0.05) is 11.5 Å². The molecule has 3 aromatic rings. The minimum absolute atomic E-state index is 0.0426. The van der Waals surface area contributed by atoms with E-state index in [0.29, 0.717) is 22.2 Å². The van der Waals surface area contributed by atoms with Crippen LogP contribution in [0.1, 0.15) is 0 Å². The number of phenols is 1. The van der Waals surface area contributed by atoms with Crippen LogP contribution in [0.15, 0.2) is 69.7 Å². The summed E-state index contributed by atoms with van der Waals surface area (Å²) in [5, 5.41) is 18.8. The first-order valence-electron chi connectivity index (χ1n) is 7.17. The Balaban J connectivity index is 2.01. The zero-order chi connectivity index (χ0) is 18.0. The van der Waals surface area contributed by atoms with Crippen molar-refractivity contribution in [2.75, 3.05) is 7.11 Å². The van der Waals surface area contributed by atoms with Crippen LogP contribution in [0.4, 0.5) is 11.4 Å². The van der Waals surface area contributed by atoms with Gasteiger partial charge < -0.3 is 9.84 Å². The smallest absolute Gasteiger partial charge is 0.295 e. The maximum atomic E-state index is 11.4. The molecule has 3 aromatic carbocycles. The molecule has 0 atom stereocenters. The fraction of sp³-hybridized carbons (Fsp3) is 0.0588. The second kappa shape index (κ2) is 6.50. The van der Waals surface area contributed by atoms with Gasteiger partial charge in [-0.2, -0.15) is 13.5 Å². The topological polar surface area (TPSA) is 109 Å². The Kier molecular flexibility index (Phi) is 4.39. The molecule has 0 radical (unpaired) electrons. The Hall–Kier alpha value is -2.97. The van der Waals surface area contributed by atoms with Gasteiger partial charge in [0.2, 0.25) is 0 Å². The number of rotatable bonds is 4. The summed E-state index contributed by atoms with van der Waals surface area (Å²) in [5.41, 5.74) is 0.702. The molecule has 0 unspecified atom stereocenters. The van der Waals surface area contributed by atoms with Gasteiger partial charge in [-0.05, 0) is 35.7 Å². The van der Waals surface area contributed by atoms with Crippen LogP contribution < -0.4 is 4.74 Å². The van der Waals surface area contributed by atoms with Gasteiger partial charge in [-0.1, -0.05) is 18.2 Å². The predicted octanol–water partition coefficient (Wildman–Crippen LogP) is 4.22. The van der Waals surface area contributed by atoms with Crippen molar-refractivity contribution in [2.24, 2.45) is 10.2 Å². The maximum Gasteiger partial charge on any atom is 0.295 e. The van der Waals surface area contributed by atoms with Crippen LogP contribution in [0.5, 0.6) is 11.5 Å². The van der Waals surface area contributed by atoms with E-state index < -0.39 is 10.1 Å². The number of aromatic hydroxyl groups is 1. The fourth-order valence-corrected chi connectivity index (χ4v) is 3.06. The summed E-state index contributed by atoms with van der Waals surface area (Å²) in [5.74, 6) is 0.488. The third kappa shape index (κ3) is 3.59. The van der Waals surface area contributed by atoms with Gasteiger partial charge >= 0.3 is 0 Å². The van der Waals surface area contributed by atoms with Crippen molar-refractivity contribution in [1.82, 2.24) is 0 Å². The van der Waals surface area contributed by atoms with Gasteiger partial charge in [0.05, 0.1) is 12.8 Å². The molecule has 0 spiro atoms. The highest BCUT2D eigenvalue weighted by Gasteiger charge is 2.13. The lowest BCUT2D eigenvalue weighted by Gasteiger charge is -2.04. The van der Waals surface area contributed by atoms with E-state index in [1.165, 1.54) is 37.4 Å². The number of hydrogen-bond donors (Lipinski definition) is 2. The largest absolute Gasteiger partial charge is 0.506 e. The van der Waals surface area contributed by atoms with Crippen LogP contribution in [0.25, 0.3) is 10.8 Å². The van der Waals surface area contributed by atoms with E-state index in [0.717, 1.165) is 0 Å². The van der Waals surface area contributed by atoms with Gasteiger partial charge in [-0.15, -0.1) is 5.11 Å². The zero-order valence-electron chi connectivity index (χ0n) is 13.1. The van der Waals surface area contributed by atoms with E-state index in [9.17, 15) is 18.1 Å². The molecule has 0 aromatic heterocycles. The SMILES string of the molecule is COc1ccc(O)c(N=Nc2ccc3c(S(=O)(=O)O)cccc3c2)c1. The molecule has 7 nitrogen and oxygen atoms in total. The average molecular weight is 358 g/mol. The number of phenolic OH excluding ortho intramolecular Hbond substituents is 1. The summed E-state index contributed by atoms with van der Waals surface area (Å²) in [6.07, 6.45) is 0. The van der Waals surface area contributed by atoms with Crippen molar-refractivity contribution in [3.63, 3.8) is 0 Å². The standard InChI is InChI=1S/C17H14N2O5S/c1-24-13-6-8-16(20)15(10-13)19-18-12-5-7-14-11(9-12)3-2-4-17(14)25(21,22)23/h2-10,20H,1H3,(H,21,22,23). The van der Waals surface area contributed by atoms with Crippen molar-refractivity contribution in [2.45, 2.75) is 4.90 Å². The summed E-state index contributed by atoms with van der Waals surface area (Å²) in [6, 6.07) is 13.9. The summed E-state index contributed by atoms with van der Waals surface area (Å²) in [4.78, 5) is -0.168. The number of methoxy groups -OCH3 is 1. The fourth-order valence-electron chi connectivity index (χ4n) is 2.35. The van der Waals surface area contributed by atoms with E-state index >= 15 is 0 Å². The molecule has 0 fully saturated rings. The monoisotopic (exact) mass is 358 g/mol. The van der Waals surface area contributed by atoms with Crippen molar-refractivity contribution in [3.05, 3.63) is 54.6 Å². The van der Waals surface area contributed by atoms with Crippen molar-refractivity contribution < 1.29 is 22.8 Å². The predicted molar refractivity (Wildman–Crippen MR) is 92.6 cm³/mol. The van der Waals surface area contributed by atoms with Crippen LogP contribution in [-0.2, 0) is 10.1 Å². The van der Waals surface area contributed by atoms with E-state index in [-0.39, 0.29) is 16.3 Å². The minimum Gasteiger partial charge on any atom is -0.506 e. The first-order chi connectivity index (χ1) is 11.9. The van der Waals surface area contributed by atoms with Gasteiger partial charge in [0.25, 0.3) is 10.1 Å². The van der Waals surface area contributed by atoms with E-state index in [1.807, 2.05) is 0 Å². The maximum absolute atomic E-state index is 11.4. The molecule has 0 saturated carbocycles. The van der Waals surface area contributed by atoms with Crippen LogP contribution in [0.3, 0.4) is 0 Å². The highest BCUT2D eigenvalue weighted by Crippen LogP contribution is 2.33. The number of nitrogens with zero attached hydrogens (tertiary/aromatic N) is 2. The molecule has 3 rings (SSSR count). The van der Waals surface area contributed by atoms with Crippen LogP contribution >= 0.6 is 0 Å². The average Bonchev–Trinajstić information content (AvgIpc) is 2.59. The quantitative estimate of drug-likeness (QED) is 0.536. The number of fused-ring (bicyclic) bond motifs is 1. The molecule has 0 saturated heterocycles. The first kappa shape index (κ1) is 16.9. The van der Waals surface area contributed by atoms with Gasteiger partial charge in [-0.25, -0.2) is 0 Å². The van der Waals surface area contributed by atoms with Crippen LogP contribution in [-0.4, -0.2) is 25.2 Å². The summed E-state index contributed by atoms with van der Waals surface area (Å²) < 4.78 is 37.2. The second-order valence-corrected chi connectivity index (χ2v) is 6.58. The zero-order valence-corrected chi connectivity index (χ0v) is 13.9. The van der Waals surface area contributed by atoms with Gasteiger partial charge in [0.15, 0.2) is 0 Å². The summed E-state index contributed by atoms with van der Waals surface area (Å²) in [7, 11) is -2.81. The van der Waals surface area contributed by atoms with Gasteiger partial charge in [0.1, 0.15) is 22.1 Å². The third-order valence-electron chi connectivity index (χ3n) is 3.56. The molecule has 128 valence electrons. The third-order valence-corrected chi connectivity index (χ3v) is 4.47. The van der Waals surface area contributed by atoms with E-state index in [2.05, 4.69) is 10.2 Å². The summed E-state index contributed by atoms with van der Waals surface area (Å²) >= 11 is 0. The Labute approximate surface area is 144 Å². The molecule has 0 bridgehead atoms. The van der Waals surface area contributed by atoms with Crippen molar-refractivity contribution >= 4 is 32.3 Å². The molecular weight excluding hydrogens is 344 g/mol. The Morgan fingerprint density at radius 1 is 1.00 bits per heavy atom. The molecule has 8 heteroatoms. The lowest BCUT2D eigenvalue weighted by atomic mass is 10.1. The molecule has 0 aliphatic heterocycles. The molecule has 0 aliphatic carbocycles. The van der Waals surface area contributed by atoms with Crippen LogP contribution in [0.2, 0.25) is 0 Å². The number of benzene rings is 3. The lowest BCUT2D eigenvalue weighted by molar-refractivity contribution is 0.412.